The highest BCUT2D eigenvalue weighted by molar-refractivity contribution is 5.86. The Bertz CT molecular complexity index is 1140. The largest absolute Gasteiger partial charge is 0.481 e. The minimum absolute atomic E-state index is 0.572. The summed E-state index contributed by atoms with van der Waals surface area (Å²) in [5.74, 6) is 1.38. The highest BCUT2D eigenvalue weighted by Gasteiger charge is 2.10. The molecule has 0 amide bonds. The Balaban J connectivity index is 1.48. The first-order chi connectivity index (χ1) is 13.8. The van der Waals surface area contributed by atoms with Gasteiger partial charge in [0.15, 0.2) is 0 Å². The first-order valence-electron chi connectivity index (χ1n) is 8.80. The van der Waals surface area contributed by atoms with Gasteiger partial charge in [-0.25, -0.2) is 15.0 Å². The minimum atomic E-state index is 0.572. The van der Waals surface area contributed by atoms with Gasteiger partial charge in [0.25, 0.3) is 0 Å². The van der Waals surface area contributed by atoms with E-state index in [0.29, 0.717) is 24.4 Å². The Morgan fingerprint density at radius 3 is 2.82 bits per heavy atom. The molecule has 4 aromatic rings. The molecule has 7 nitrogen and oxygen atoms in total. The van der Waals surface area contributed by atoms with Gasteiger partial charge in [0.1, 0.15) is 11.5 Å². The van der Waals surface area contributed by atoms with E-state index in [4.69, 9.17) is 4.74 Å². The molecule has 0 saturated heterocycles. The molecule has 0 radical (unpaired) electrons. The number of rotatable bonds is 6. The molecule has 28 heavy (non-hydrogen) atoms. The summed E-state index contributed by atoms with van der Waals surface area (Å²) >= 11 is 0. The minimum Gasteiger partial charge on any atom is -0.481 e. The van der Waals surface area contributed by atoms with Crippen molar-refractivity contribution in [2.24, 2.45) is 0 Å². The fraction of sp³-hybridized carbons (Fsp3) is 0.143. The normalized spacial score (nSPS) is 10.6. The fourth-order valence-electron chi connectivity index (χ4n) is 3.14. The predicted octanol–water partition coefficient (Wildman–Crippen LogP) is 3.44. The fourth-order valence-corrected chi connectivity index (χ4v) is 3.14. The molecule has 4 heterocycles. The predicted molar refractivity (Wildman–Crippen MR) is 106 cm³/mol. The zero-order chi connectivity index (χ0) is 19.3. The standard InChI is InChI=1S/C21H18N6O/c1-28-21-16(3-2-7-24-21)12-26-18-5-4-14(11-25-18)9-17-13-27-20-19(17)15(10-22)6-8-23-20/h2-8,11,13H,9,12H2,1H3,(H,23,27)(H,25,26). The van der Waals surface area contributed by atoms with E-state index in [1.54, 1.807) is 25.6 Å². The quantitative estimate of drug-likeness (QED) is 0.539. The first-order valence-corrected chi connectivity index (χ1v) is 8.80. The molecule has 0 aliphatic heterocycles. The van der Waals surface area contributed by atoms with Gasteiger partial charge in [0, 0.05) is 48.7 Å². The van der Waals surface area contributed by atoms with E-state index in [1.807, 2.05) is 36.7 Å². The molecule has 0 aliphatic rings. The summed E-state index contributed by atoms with van der Waals surface area (Å²) in [4.78, 5) is 16.1. The van der Waals surface area contributed by atoms with Gasteiger partial charge in [-0.3, -0.25) is 0 Å². The van der Waals surface area contributed by atoms with Gasteiger partial charge in [0.05, 0.1) is 18.7 Å². The number of hydrogen-bond donors (Lipinski definition) is 2. The van der Waals surface area contributed by atoms with Crippen LogP contribution in [0.15, 0.2) is 55.1 Å². The number of nitrogens with one attached hydrogen (secondary N) is 2. The van der Waals surface area contributed by atoms with Crippen LogP contribution in [0.1, 0.15) is 22.3 Å². The molecule has 0 bridgehead atoms. The third-order valence-corrected chi connectivity index (χ3v) is 4.50. The number of pyridine rings is 3. The SMILES string of the molecule is COc1ncccc1CNc1ccc(Cc2c[nH]c3nccc(C#N)c23)cn1. The highest BCUT2D eigenvalue weighted by atomic mass is 16.5. The maximum absolute atomic E-state index is 9.35. The summed E-state index contributed by atoms with van der Waals surface area (Å²) in [6, 6.07) is 11.8. The molecule has 0 atom stereocenters. The number of methoxy groups -OCH3 is 1. The summed E-state index contributed by atoms with van der Waals surface area (Å²) in [7, 11) is 1.61. The first kappa shape index (κ1) is 17.5. The molecule has 0 saturated carbocycles. The Labute approximate surface area is 162 Å². The van der Waals surface area contributed by atoms with E-state index in [1.165, 1.54) is 0 Å². The molecular weight excluding hydrogens is 352 g/mol. The van der Waals surface area contributed by atoms with Gasteiger partial charge in [-0.2, -0.15) is 5.26 Å². The third-order valence-electron chi connectivity index (χ3n) is 4.50. The number of nitriles is 1. The molecule has 0 aliphatic carbocycles. The summed E-state index contributed by atoms with van der Waals surface area (Å²) in [5, 5.41) is 13.5. The smallest absolute Gasteiger partial charge is 0.218 e. The monoisotopic (exact) mass is 370 g/mol. The topological polar surface area (TPSA) is 99.5 Å². The second kappa shape index (κ2) is 7.76. The van der Waals surface area contributed by atoms with E-state index in [2.05, 4.69) is 31.3 Å². The van der Waals surface area contributed by atoms with Crippen molar-refractivity contribution in [3.63, 3.8) is 0 Å². The van der Waals surface area contributed by atoms with Crippen molar-refractivity contribution in [3.8, 4) is 11.9 Å². The number of aromatic amines is 1. The Kier molecular flexibility index (Phi) is 4.85. The Hall–Kier alpha value is -3.92. The zero-order valence-electron chi connectivity index (χ0n) is 15.3. The van der Waals surface area contributed by atoms with Crippen molar-refractivity contribution in [1.29, 1.82) is 5.26 Å². The number of aromatic nitrogens is 4. The molecule has 4 aromatic heterocycles. The van der Waals surface area contributed by atoms with Crippen molar-refractivity contribution in [1.82, 2.24) is 19.9 Å². The third kappa shape index (κ3) is 3.48. The summed E-state index contributed by atoms with van der Waals surface area (Å²) in [6.07, 6.45) is 7.75. The van der Waals surface area contributed by atoms with Crippen LogP contribution in [0.4, 0.5) is 5.82 Å². The molecular formula is C21H18N6O. The van der Waals surface area contributed by atoms with Gasteiger partial charge in [-0.05, 0) is 29.3 Å². The van der Waals surface area contributed by atoms with Crippen LogP contribution in [0, 0.1) is 11.3 Å². The summed E-state index contributed by atoms with van der Waals surface area (Å²) in [6.45, 7) is 0.572. The van der Waals surface area contributed by atoms with E-state index in [9.17, 15) is 5.26 Å². The lowest BCUT2D eigenvalue weighted by Gasteiger charge is -2.09. The van der Waals surface area contributed by atoms with Crippen molar-refractivity contribution in [2.45, 2.75) is 13.0 Å². The molecule has 2 N–H and O–H groups in total. The molecule has 138 valence electrons. The van der Waals surface area contributed by atoms with Crippen molar-refractivity contribution in [2.75, 3.05) is 12.4 Å². The van der Waals surface area contributed by atoms with Gasteiger partial charge in [-0.1, -0.05) is 12.1 Å². The number of ether oxygens (including phenoxy) is 1. The van der Waals surface area contributed by atoms with E-state index >= 15 is 0 Å². The summed E-state index contributed by atoms with van der Waals surface area (Å²) < 4.78 is 5.26. The van der Waals surface area contributed by atoms with E-state index in [-0.39, 0.29) is 0 Å². The van der Waals surface area contributed by atoms with E-state index in [0.717, 1.165) is 33.5 Å². The van der Waals surface area contributed by atoms with Gasteiger partial charge in [-0.15, -0.1) is 0 Å². The van der Waals surface area contributed by atoms with Crippen LogP contribution < -0.4 is 10.1 Å². The Morgan fingerprint density at radius 2 is 2.04 bits per heavy atom. The van der Waals surface area contributed by atoms with Crippen LogP contribution in [-0.4, -0.2) is 27.0 Å². The maximum atomic E-state index is 9.35. The molecule has 4 rings (SSSR count). The lowest BCUT2D eigenvalue weighted by molar-refractivity contribution is 0.393. The van der Waals surface area contributed by atoms with Crippen LogP contribution in [0.25, 0.3) is 11.0 Å². The van der Waals surface area contributed by atoms with E-state index < -0.39 is 0 Å². The number of H-pyrrole nitrogens is 1. The Morgan fingerprint density at radius 1 is 1.11 bits per heavy atom. The molecule has 0 fully saturated rings. The number of nitrogens with zero attached hydrogens (tertiary/aromatic N) is 4. The van der Waals surface area contributed by atoms with Crippen LogP contribution in [0.3, 0.4) is 0 Å². The zero-order valence-corrected chi connectivity index (χ0v) is 15.3. The lowest BCUT2D eigenvalue weighted by Crippen LogP contribution is -2.04. The van der Waals surface area contributed by atoms with Crippen molar-refractivity contribution >= 4 is 16.9 Å². The van der Waals surface area contributed by atoms with Gasteiger partial charge < -0.3 is 15.0 Å². The van der Waals surface area contributed by atoms with Crippen LogP contribution in [-0.2, 0) is 13.0 Å². The molecule has 0 unspecified atom stereocenters. The number of hydrogen-bond acceptors (Lipinski definition) is 6. The van der Waals surface area contributed by atoms with Crippen LogP contribution in [0.5, 0.6) is 5.88 Å². The average molecular weight is 370 g/mol. The summed E-state index contributed by atoms with van der Waals surface area (Å²) in [5.41, 5.74) is 4.40. The molecule has 0 aromatic carbocycles. The van der Waals surface area contributed by atoms with Gasteiger partial charge >= 0.3 is 0 Å². The number of fused-ring (bicyclic) bond motifs is 1. The second-order valence-electron chi connectivity index (χ2n) is 6.26. The average Bonchev–Trinajstić information content (AvgIpc) is 3.16. The lowest BCUT2D eigenvalue weighted by atomic mass is 10.0. The molecule has 7 heteroatoms. The molecule has 0 spiro atoms. The van der Waals surface area contributed by atoms with Crippen LogP contribution in [0.2, 0.25) is 0 Å². The van der Waals surface area contributed by atoms with Crippen molar-refractivity contribution in [3.05, 3.63) is 77.4 Å². The van der Waals surface area contributed by atoms with Crippen LogP contribution >= 0.6 is 0 Å². The van der Waals surface area contributed by atoms with Gasteiger partial charge in [0.2, 0.25) is 5.88 Å². The van der Waals surface area contributed by atoms with Crippen molar-refractivity contribution < 1.29 is 4.74 Å². The highest BCUT2D eigenvalue weighted by Crippen LogP contribution is 2.23. The second-order valence-corrected chi connectivity index (χ2v) is 6.26. The maximum Gasteiger partial charge on any atom is 0.218 e. The number of anilines is 1.